The van der Waals surface area contributed by atoms with Gasteiger partial charge in [-0.25, -0.2) is 8.42 Å². The molecule has 0 aliphatic rings. The van der Waals surface area contributed by atoms with E-state index in [1.165, 1.54) is 25.1 Å². The molecule has 0 saturated heterocycles. The molecular formula is C11H12N2O4S. The maximum atomic E-state index is 11.8. The summed E-state index contributed by atoms with van der Waals surface area (Å²) in [6.07, 6.45) is 0. The van der Waals surface area contributed by atoms with Crippen molar-refractivity contribution in [1.82, 2.24) is 4.72 Å². The molecule has 18 heavy (non-hydrogen) atoms. The number of nitriles is 1. The van der Waals surface area contributed by atoms with E-state index in [1.54, 1.807) is 6.92 Å². The zero-order valence-corrected chi connectivity index (χ0v) is 10.7. The lowest BCUT2D eigenvalue weighted by Gasteiger charge is -2.10. The molecule has 0 spiro atoms. The highest BCUT2D eigenvalue weighted by molar-refractivity contribution is 7.89. The van der Waals surface area contributed by atoms with Crippen LogP contribution in [0.5, 0.6) is 0 Å². The third kappa shape index (κ3) is 3.06. The van der Waals surface area contributed by atoms with Gasteiger partial charge in [0.15, 0.2) is 0 Å². The van der Waals surface area contributed by atoms with E-state index in [9.17, 15) is 13.2 Å². The van der Waals surface area contributed by atoms with Crippen molar-refractivity contribution in [2.75, 3.05) is 0 Å². The minimum Gasteiger partial charge on any atom is -0.480 e. The summed E-state index contributed by atoms with van der Waals surface area (Å²) >= 11 is 0. The Kier molecular flexibility index (Phi) is 4.06. The number of carboxylic acid groups (broad SMARTS) is 1. The molecule has 1 aromatic rings. The zero-order chi connectivity index (χ0) is 13.9. The number of aliphatic carboxylic acids is 1. The Balaban J connectivity index is 3.11. The molecular weight excluding hydrogens is 256 g/mol. The summed E-state index contributed by atoms with van der Waals surface area (Å²) in [5, 5.41) is 17.4. The first-order chi connectivity index (χ1) is 8.27. The molecule has 6 nitrogen and oxygen atoms in total. The van der Waals surface area contributed by atoms with Crippen LogP contribution >= 0.6 is 0 Å². The monoisotopic (exact) mass is 268 g/mol. The minimum atomic E-state index is -3.89. The fraction of sp³-hybridized carbons (Fsp3) is 0.273. The number of nitrogens with one attached hydrogen (secondary N) is 1. The van der Waals surface area contributed by atoms with E-state index < -0.39 is 22.0 Å². The van der Waals surface area contributed by atoms with Gasteiger partial charge in [-0.1, -0.05) is 0 Å². The van der Waals surface area contributed by atoms with Gasteiger partial charge in [0.25, 0.3) is 0 Å². The first-order valence-corrected chi connectivity index (χ1v) is 6.52. The van der Waals surface area contributed by atoms with E-state index >= 15 is 0 Å². The van der Waals surface area contributed by atoms with Gasteiger partial charge in [0.1, 0.15) is 6.04 Å². The average Bonchev–Trinajstić information content (AvgIpc) is 2.28. The van der Waals surface area contributed by atoms with Crippen LogP contribution in [-0.2, 0) is 14.8 Å². The third-order valence-corrected chi connectivity index (χ3v) is 3.87. The van der Waals surface area contributed by atoms with E-state index in [-0.39, 0.29) is 4.90 Å². The van der Waals surface area contributed by atoms with Crippen LogP contribution < -0.4 is 4.72 Å². The number of benzene rings is 1. The van der Waals surface area contributed by atoms with Crippen molar-refractivity contribution >= 4 is 16.0 Å². The Morgan fingerprint density at radius 2 is 2.11 bits per heavy atom. The number of aryl methyl sites for hydroxylation is 1. The predicted octanol–water partition coefficient (Wildman–Crippen LogP) is 0.618. The molecule has 0 heterocycles. The van der Waals surface area contributed by atoms with E-state index in [2.05, 4.69) is 0 Å². The molecule has 7 heteroatoms. The fourth-order valence-corrected chi connectivity index (χ4v) is 2.56. The van der Waals surface area contributed by atoms with Crippen molar-refractivity contribution < 1.29 is 18.3 Å². The standard InChI is InChI=1S/C11H12N2O4S/c1-7-5-10(4-3-9(7)6-12)18(16,17)13-8(2)11(14)15/h3-5,8,13H,1-2H3,(H,14,15)/t8-/m0/s1. The fourth-order valence-electron chi connectivity index (χ4n) is 1.28. The molecule has 2 N–H and O–H groups in total. The van der Waals surface area contributed by atoms with Gasteiger partial charge in [0.05, 0.1) is 16.5 Å². The number of hydrogen-bond acceptors (Lipinski definition) is 4. The average molecular weight is 268 g/mol. The van der Waals surface area contributed by atoms with Crippen LogP contribution in [0, 0.1) is 18.3 Å². The second kappa shape index (κ2) is 5.16. The molecule has 1 rings (SSSR count). The summed E-state index contributed by atoms with van der Waals surface area (Å²) in [7, 11) is -3.89. The molecule has 0 saturated carbocycles. The Morgan fingerprint density at radius 3 is 2.56 bits per heavy atom. The quantitative estimate of drug-likeness (QED) is 0.832. The molecule has 0 unspecified atom stereocenters. The molecule has 0 aliphatic carbocycles. The van der Waals surface area contributed by atoms with Crippen LogP contribution in [0.1, 0.15) is 18.1 Å². The maximum absolute atomic E-state index is 11.8. The minimum absolute atomic E-state index is 0.0629. The number of carbonyl (C=O) groups is 1. The normalized spacial score (nSPS) is 12.7. The van der Waals surface area contributed by atoms with Crippen LogP contribution in [0.25, 0.3) is 0 Å². The SMILES string of the molecule is Cc1cc(S(=O)(=O)N[C@@H](C)C(=O)O)ccc1C#N. The molecule has 0 bridgehead atoms. The molecule has 0 aromatic heterocycles. The third-order valence-electron chi connectivity index (χ3n) is 2.33. The summed E-state index contributed by atoms with van der Waals surface area (Å²) in [6, 6.07) is 4.69. The number of rotatable bonds is 4. The Labute approximate surface area is 105 Å². The maximum Gasteiger partial charge on any atom is 0.321 e. The van der Waals surface area contributed by atoms with Crippen LogP contribution in [-0.4, -0.2) is 25.5 Å². The highest BCUT2D eigenvalue weighted by Crippen LogP contribution is 2.15. The first-order valence-electron chi connectivity index (χ1n) is 5.04. The van der Waals surface area contributed by atoms with Crippen LogP contribution in [0.4, 0.5) is 0 Å². The lowest BCUT2D eigenvalue weighted by atomic mass is 10.1. The van der Waals surface area contributed by atoms with Crippen molar-refractivity contribution in [2.24, 2.45) is 0 Å². The molecule has 96 valence electrons. The van der Waals surface area contributed by atoms with Crippen LogP contribution in [0.15, 0.2) is 23.1 Å². The number of nitrogens with zero attached hydrogens (tertiary/aromatic N) is 1. The molecule has 0 radical (unpaired) electrons. The Bertz CT molecular complexity index is 616. The lowest BCUT2D eigenvalue weighted by Crippen LogP contribution is -2.38. The first kappa shape index (κ1) is 14.2. The van der Waals surface area contributed by atoms with Gasteiger partial charge in [-0.3, -0.25) is 4.79 Å². The van der Waals surface area contributed by atoms with Gasteiger partial charge < -0.3 is 5.11 Å². The molecule has 1 atom stereocenters. The van der Waals surface area contributed by atoms with Crippen molar-refractivity contribution in [3.8, 4) is 6.07 Å². The van der Waals surface area contributed by atoms with Crippen molar-refractivity contribution in [2.45, 2.75) is 24.8 Å². The summed E-state index contributed by atoms with van der Waals surface area (Å²) in [4.78, 5) is 10.5. The molecule has 1 aromatic carbocycles. The second-order valence-electron chi connectivity index (χ2n) is 3.77. The van der Waals surface area contributed by atoms with Crippen molar-refractivity contribution in [3.05, 3.63) is 29.3 Å². The lowest BCUT2D eigenvalue weighted by molar-refractivity contribution is -0.138. The Morgan fingerprint density at radius 1 is 1.50 bits per heavy atom. The topological polar surface area (TPSA) is 107 Å². The summed E-state index contributed by atoms with van der Waals surface area (Å²) in [5.74, 6) is -1.26. The van der Waals surface area contributed by atoms with Crippen LogP contribution in [0.2, 0.25) is 0 Å². The van der Waals surface area contributed by atoms with Gasteiger partial charge in [0.2, 0.25) is 10.0 Å². The summed E-state index contributed by atoms with van der Waals surface area (Å²) < 4.78 is 25.7. The number of sulfonamides is 1. The molecule has 0 fully saturated rings. The second-order valence-corrected chi connectivity index (χ2v) is 5.48. The zero-order valence-electron chi connectivity index (χ0n) is 9.84. The largest absolute Gasteiger partial charge is 0.480 e. The highest BCUT2D eigenvalue weighted by Gasteiger charge is 2.21. The summed E-state index contributed by atoms with van der Waals surface area (Å²) in [6.45, 7) is 2.84. The predicted molar refractivity (Wildman–Crippen MR) is 63.3 cm³/mol. The number of carboxylic acids is 1. The highest BCUT2D eigenvalue weighted by atomic mass is 32.2. The van der Waals surface area contributed by atoms with Gasteiger partial charge in [-0.2, -0.15) is 9.98 Å². The van der Waals surface area contributed by atoms with E-state index in [1.807, 2.05) is 10.8 Å². The van der Waals surface area contributed by atoms with E-state index in [0.717, 1.165) is 0 Å². The molecule has 0 aliphatic heterocycles. The van der Waals surface area contributed by atoms with Gasteiger partial charge in [-0.05, 0) is 37.6 Å². The smallest absolute Gasteiger partial charge is 0.321 e. The van der Waals surface area contributed by atoms with Crippen molar-refractivity contribution in [3.63, 3.8) is 0 Å². The number of hydrogen-bond donors (Lipinski definition) is 2. The van der Waals surface area contributed by atoms with E-state index in [0.29, 0.717) is 11.1 Å². The Hall–Kier alpha value is -1.91. The van der Waals surface area contributed by atoms with Crippen LogP contribution in [0.3, 0.4) is 0 Å². The molecule has 0 amide bonds. The van der Waals surface area contributed by atoms with E-state index in [4.69, 9.17) is 10.4 Å². The van der Waals surface area contributed by atoms with Gasteiger partial charge in [-0.15, -0.1) is 0 Å². The summed E-state index contributed by atoms with van der Waals surface area (Å²) in [5.41, 5.74) is 0.892. The van der Waals surface area contributed by atoms with Gasteiger partial charge in [0, 0.05) is 0 Å². The van der Waals surface area contributed by atoms with Crippen molar-refractivity contribution in [1.29, 1.82) is 5.26 Å². The van der Waals surface area contributed by atoms with Gasteiger partial charge >= 0.3 is 5.97 Å².